The second-order valence-corrected chi connectivity index (χ2v) is 5.05. The van der Waals surface area contributed by atoms with E-state index in [9.17, 15) is 4.79 Å². The van der Waals surface area contributed by atoms with E-state index >= 15 is 0 Å². The van der Waals surface area contributed by atoms with Crippen LogP contribution in [0.25, 0.3) is 0 Å². The molecule has 2 aromatic rings. The lowest BCUT2D eigenvalue weighted by molar-refractivity contribution is -0.141. The van der Waals surface area contributed by atoms with Crippen LogP contribution in [0.5, 0.6) is 0 Å². The molecule has 1 aromatic carbocycles. The van der Waals surface area contributed by atoms with Gasteiger partial charge in [-0.05, 0) is 35.6 Å². The first-order chi connectivity index (χ1) is 9.22. The number of hydrogen-bond donors (Lipinski definition) is 1. The van der Waals surface area contributed by atoms with Crippen molar-refractivity contribution in [3.05, 3.63) is 65.0 Å². The molecule has 0 radical (unpaired) electrons. The average molecular weight is 253 g/mol. The number of pyridine rings is 1. The lowest BCUT2D eigenvalue weighted by atomic mass is 10.1. The largest absolute Gasteiger partial charge is 0.481 e. The molecule has 0 fully saturated rings. The number of carboxylic acids is 1. The van der Waals surface area contributed by atoms with Gasteiger partial charge in [-0.1, -0.05) is 30.3 Å². The second kappa shape index (κ2) is 4.84. The Labute approximate surface area is 111 Å². The highest BCUT2D eigenvalue weighted by Gasteiger charge is 2.27. The van der Waals surface area contributed by atoms with E-state index in [4.69, 9.17) is 5.11 Å². The van der Waals surface area contributed by atoms with E-state index in [-0.39, 0.29) is 5.92 Å². The minimum absolute atomic E-state index is 0.274. The molecule has 1 unspecified atom stereocenters. The van der Waals surface area contributed by atoms with E-state index in [1.165, 1.54) is 5.56 Å². The summed E-state index contributed by atoms with van der Waals surface area (Å²) in [6, 6.07) is 12.2. The Balaban J connectivity index is 1.80. The molecule has 19 heavy (non-hydrogen) atoms. The van der Waals surface area contributed by atoms with Crippen LogP contribution in [-0.4, -0.2) is 16.1 Å². The number of carbonyl (C=O) groups is 1. The van der Waals surface area contributed by atoms with E-state index in [1.54, 1.807) is 0 Å². The van der Waals surface area contributed by atoms with Gasteiger partial charge in [0.2, 0.25) is 0 Å². The van der Waals surface area contributed by atoms with Crippen molar-refractivity contribution in [3.8, 4) is 0 Å². The van der Waals surface area contributed by atoms with Crippen LogP contribution in [0.1, 0.15) is 22.4 Å². The molecule has 1 N–H and O–H groups in total. The highest BCUT2D eigenvalue weighted by Crippen LogP contribution is 2.27. The Kier molecular flexibility index (Phi) is 3.03. The van der Waals surface area contributed by atoms with E-state index < -0.39 is 5.97 Å². The Morgan fingerprint density at radius 1 is 1.21 bits per heavy atom. The van der Waals surface area contributed by atoms with Crippen LogP contribution in [-0.2, 0) is 24.1 Å². The summed E-state index contributed by atoms with van der Waals surface area (Å²) in [5.74, 6) is -0.982. The van der Waals surface area contributed by atoms with Gasteiger partial charge in [0.15, 0.2) is 0 Å². The lowest BCUT2D eigenvalue weighted by Crippen LogP contribution is -2.12. The van der Waals surface area contributed by atoms with Gasteiger partial charge in [0.25, 0.3) is 0 Å². The zero-order valence-corrected chi connectivity index (χ0v) is 10.5. The Bertz CT molecular complexity index is 607. The number of aliphatic carboxylic acids is 1. The smallest absolute Gasteiger partial charge is 0.307 e. The molecule has 3 nitrogen and oxygen atoms in total. The maximum absolute atomic E-state index is 11.0. The van der Waals surface area contributed by atoms with Crippen molar-refractivity contribution in [1.29, 1.82) is 0 Å². The van der Waals surface area contributed by atoms with Gasteiger partial charge in [-0.2, -0.15) is 0 Å². The minimum Gasteiger partial charge on any atom is -0.481 e. The zero-order valence-electron chi connectivity index (χ0n) is 10.5. The standard InChI is InChI=1S/C16H15NO2/c18-16(19)13-7-12-9-15(17-10-14(12)8-13)6-11-4-2-1-3-5-11/h1-5,9-10,13H,6-8H2,(H,18,19). The quantitative estimate of drug-likeness (QED) is 0.914. The predicted molar refractivity (Wildman–Crippen MR) is 72.0 cm³/mol. The highest BCUT2D eigenvalue weighted by atomic mass is 16.4. The third kappa shape index (κ3) is 2.50. The van der Waals surface area contributed by atoms with Crippen molar-refractivity contribution in [2.45, 2.75) is 19.3 Å². The Morgan fingerprint density at radius 2 is 1.95 bits per heavy atom. The number of fused-ring (bicyclic) bond motifs is 1. The fourth-order valence-corrected chi connectivity index (χ4v) is 2.63. The van der Waals surface area contributed by atoms with Gasteiger partial charge in [0.05, 0.1) is 5.92 Å². The summed E-state index contributed by atoms with van der Waals surface area (Å²) in [5, 5.41) is 9.07. The van der Waals surface area contributed by atoms with Crippen molar-refractivity contribution in [1.82, 2.24) is 4.98 Å². The molecule has 0 aliphatic heterocycles. The summed E-state index contributed by atoms with van der Waals surface area (Å²) in [6.07, 6.45) is 3.89. The first-order valence-electron chi connectivity index (χ1n) is 6.46. The number of hydrogen-bond acceptors (Lipinski definition) is 2. The fraction of sp³-hybridized carbons (Fsp3) is 0.250. The molecule has 0 saturated heterocycles. The maximum Gasteiger partial charge on any atom is 0.307 e. The summed E-state index contributed by atoms with van der Waals surface area (Å²) in [5.41, 5.74) is 4.47. The van der Waals surface area contributed by atoms with Gasteiger partial charge in [-0.3, -0.25) is 9.78 Å². The summed E-state index contributed by atoms with van der Waals surface area (Å²) in [4.78, 5) is 15.5. The van der Waals surface area contributed by atoms with Crippen LogP contribution in [0, 0.1) is 5.92 Å². The highest BCUT2D eigenvalue weighted by molar-refractivity contribution is 5.72. The molecule has 96 valence electrons. The van der Waals surface area contributed by atoms with E-state index in [2.05, 4.69) is 23.2 Å². The van der Waals surface area contributed by atoms with E-state index in [0.717, 1.165) is 23.2 Å². The molecule has 1 aliphatic rings. The van der Waals surface area contributed by atoms with Crippen molar-refractivity contribution in [2.24, 2.45) is 5.92 Å². The zero-order chi connectivity index (χ0) is 13.2. The van der Waals surface area contributed by atoms with Crippen LogP contribution in [0.15, 0.2) is 42.6 Å². The van der Waals surface area contributed by atoms with E-state index in [0.29, 0.717) is 12.8 Å². The van der Waals surface area contributed by atoms with Crippen LogP contribution >= 0.6 is 0 Å². The van der Waals surface area contributed by atoms with Gasteiger partial charge in [-0.25, -0.2) is 0 Å². The minimum atomic E-state index is -0.708. The topological polar surface area (TPSA) is 50.2 Å². The average Bonchev–Trinajstić information content (AvgIpc) is 2.83. The number of benzene rings is 1. The first-order valence-corrected chi connectivity index (χ1v) is 6.46. The third-order valence-electron chi connectivity index (χ3n) is 3.65. The second-order valence-electron chi connectivity index (χ2n) is 5.05. The monoisotopic (exact) mass is 253 g/mol. The van der Waals surface area contributed by atoms with Crippen molar-refractivity contribution < 1.29 is 9.90 Å². The molecule has 3 heteroatoms. The van der Waals surface area contributed by atoms with Gasteiger partial charge < -0.3 is 5.11 Å². The summed E-state index contributed by atoms with van der Waals surface area (Å²) in [6.45, 7) is 0. The van der Waals surface area contributed by atoms with Crippen molar-refractivity contribution >= 4 is 5.97 Å². The van der Waals surface area contributed by atoms with Gasteiger partial charge in [0, 0.05) is 18.3 Å². The molecule has 1 aromatic heterocycles. The molecule has 0 spiro atoms. The SMILES string of the molecule is O=C(O)C1Cc2cnc(Cc3ccccc3)cc2C1. The van der Waals surface area contributed by atoms with Crippen molar-refractivity contribution in [3.63, 3.8) is 0 Å². The fourth-order valence-electron chi connectivity index (χ4n) is 2.63. The van der Waals surface area contributed by atoms with Crippen LogP contribution in [0.2, 0.25) is 0 Å². The Hall–Kier alpha value is -2.16. The third-order valence-corrected chi connectivity index (χ3v) is 3.65. The molecule has 1 aliphatic carbocycles. The van der Waals surface area contributed by atoms with Crippen LogP contribution in [0.3, 0.4) is 0 Å². The molecular weight excluding hydrogens is 238 g/mol. The van der Waals surface area contributed by atoms with Crippen LogP contribution < -0.4 is 0 Å². The number of aromatic nitrogens is 1. The molecule has 0 bridgehead atoms. The van der Waals surface area contributed by atoms with Gasteiger partial charge in [-0.15, -0.1) is 0 Å². The summed E-state index contributed by atoms with van der Waals surface area (Å²) in [7, 11) is 0. The van der Waals surface area contributed by atoms with Crippen LogP contribution in [0.4, 0.5) is 0 Å². The summed E-state index contributed by atoms with van der Waals surface area (Å²) >= 11 is 0. The summed E-state index contributed by atoms with van der Waals surface area (Å²) < 4.78 is 0. The predicted octanol–water partition coefficient (Wildman–Crippen LogP) is 2.47. The molecule has 0 saturated carbocycles. The molecule has 1 heterocycles. The molecule has 1 atom stereocenters. The first kappa shape index (κ1) is 11.9. The lowest BCUT2D eigenvalue weighted by Gasteiger charge is -2.04. The number of nitrogens with zero attached hydrogens (tertiary/aromatic N) is 1. The Morgan fingerprint density at radius 3 is 2.68 bits per heavy atom. The molecular formula is C16H15NO2. The van der Waals surface area contributed by atoms with Crippen molar-refractivity contribution in [2.75, 3.05) is 0 Å². The number of rotatable bonds is 3. The normalized spacial score (nSPS) is 17.2. The molecule has 0 amide bonds. The van der Waals surface area contributed by atoms with Gasteiger partial charge in [0.1, 0.15) is 0 Å². The number of carboxylic acid groups (broad SMARTS) is 1. The van der Waals surface area contributed by atoms with Gasteiger partial charge >= 0.3 is 5.97 Å². The maximum atomic E-state index is 11.0. The van der Waals surface area contributed by atoms with E-state index in [1.807, 2.05) is 24.4 Å². The molecule has 3 rings (SSSR count).